The van der Waals surface area contributed by atoms with Gasteiger partial charge >= 0.3 is 0 Å². The molecule has 0 saturated carbocycles. The van der Waals surface area contributed by atoms with Crippen LogP contribution in [0.3, 0.4) is 0 Å². The van der Waals surface area contributed by atoms with Crippen molar-refractivity contribution in [3.63, 3.8) is 0 Å². The summed E-state index contributed by atoms with van der Waals surface area (Å²) in [5.74, 6) is 0.0166. The molecule has 0 unspecified atom stereocenters. The molecule has 0 bridgehead atoms. The van der Waals surface area contributed by atoms with Crippen LogP contribution in [0.1, 0.15) is 51.2 Å². The number of anilines is 1. The lowest BCUT2D eigenvalue weighted by Gasteiger charge is -2.25. The van der Waals surface area contributed by atoms with E-state index in [9.17, 15) is 13.2 Å². The van der Waals surface area contributed by atoms with Crippen molar-refractivity contribution in [2.75, 3.05) is 10.8 Å². The smallest absolute Gasteiger partial charge is 0.264 e. The lowest BCUT2D eigenvalue weighted by Crippen LogP contribution is -2.43. The van der Waals surface area contributed by atoms with Gasteiger partial charge in [-0.1, -0.05) is 50.6 Å². The van der Waals surface area contributed by atoms with Crippen LogP contribution in [-0.4, -0.2) is 26.9 Å². The Kier molecular flexibility index (Phi) is 7.24. The molecule has 152 valence electrons. The number of carbonyl (C=O) groups is 1. The van der Waals surface area contributed by atoms with Gasteiger partial charge in [-0.2, -0.15) is 0 Å². The monoisotopic (exact) mass is 402 g/mol. The van der Waals surface area contributed by atoms with Gasteiger partial charge < -0.3 is 5.32 Å². The molecule has 28 heavy (non-hydrogen) atoms. The Morgan fingerprint density at radius 3 is 2.07 bits per heavy atom. The van der Waals surface area contributed by atoms with Gasteiger partial charge in [0.25, 0.3) is 10.0 Å². The first-order valence-electron chi connectivity index (χ1n) is 9.64. The zero-order chi connectivity index (χ0) is 20.9. The Balaban J connectivity index is 2.42. The molecule has 2 aromatic carbocycles. The van der Waals surface area contributed by atoms with Crippen LogP contribution in [0.5, 0.6) is 0 Å². The lowest BCUT2D eigenvalue weighted by atomic mass is 10.0. The Labute approximate surface area is 168 Å². The van der Waals surface area contributed by atoms with Crippen molar-refractivity contribution >= 4 is 21.6 Å². The number of benzene rings is 2. The van der Waals surface area contributed by atoms with Crippen LogP contribution in [0, 0.1) is 6.92 Å². The molecule has 0 aliphatic heterocycles. The topological polar surface area (TPSA) is 66.5 Å². The normalized spacial score (nSPS) is 12.6. The van der Waals surface area contributed by atoms with E-state index in [2.05, 4.69) is 19.2 Å². The van der Waals surface area contributed by atoms with Gasteiger partial charge in [0.1, 0.15) is 6.54 Å². The van der Waals surface area contributed by atoms with Crippen molar-refractivity contribution in [1.29, 1.82) is 0 Å². The first-order valence-corrected chi connectivity index (χ1v) is 11.1. The summed E-state index contributed by atoms with van der Waals surface area (Å²) in [4.78, 5) is 12.7. The molecule has 0 heterocycles. The molecule has 0 saturated heterocycles. The van der Waals surface area contributed by atoms with Gasteiger partial charge in [0, 0.05) is 6.04 Å². The van der Waals surface area contributed by atoms with Crippen molar-refractivity contribution < 1.29 is 13.2 Å². The molecule has 0 aromatic heterocycles. The van der Waals surface area contributed by atoms with E-state index in [4.69, 9.17) is 0 Å². The number of hydrogen-bond acceptors (Lipinski definition) is 3. The molecule has 5 nitrogen and oxygen atoms in total. The van der Waals surface area contributed by atoms with E-state index in [1.54, 1.807) is 36.4 Å². The van der Waals surface area contributed by atoms with E-state index in [1.807, 2.05) is 32.9 Å². The molecule has 6 heteroatoms. The molecule has 0 radical (unpaired) electrons. The van der Waals surface area contributed by atoms with Gasteiger partial charge in [0.2, 0.25) is 5.91 Å². The molecule has 1 amide bonds. The summed E-state index contributed by atoms with van der Waals surface area (Å²) in [6.07, 6.45) is 0.777. The fraction of sp³-hybridized carbons (Fsp3) is 0.409. The highest BCUT2D eigenvalue weighted by atomic mass is 32.2. The first-order chi connectivity index (χ1) is 13.1. The third-order valence-corrected chi connectivity index (χ3v) is 6.55. The van der Waals surface area contributed by atoms with Gasteiger partial charge in [0.15, 0.2) is 0 Å². The third-order valence-electron chi connectivity index (χ3n) is 4.76. The second-order valence-electron chi connectivity index (χ2n) is 7.45. The minimum absolute atomic E-state index is 0.0141. The maximum absolute atomic E-state index is 13.3. The number of carbonyl (C=O) groups excluding carboxylic acids is 1. The number of nitrogens with one attached hydrogen (secondary N) is 1. The Morgan fingerprint density at radius 1 is 1.00 bits per heavy atom. The Hall–Kier alpha value is -2.34. The van der Waals surface area contributed by atoms with Crippen LogP contribution in [0.4, 0.5) is 5.69 Å². The lowest BCUT2D eigenvalue weighted by molar-refractivity contribution is -0.120. The van der Waals surface area contributed by atoms with E-state index in [1.165, 1.54) is 4.31 Å². The van der Waals surface area contributed by atoms with Gasteiger partial charge in [-0.3, -0.25) is 9.10 Å². The quantitative estimate of drug-likeness (QED) is 0.719. The van der Waals surface area contributed by atoms with Crippen LogP contribution in [0.15, 0.2) is 53.4 Å². The zero-order valence-corrected chi connectivity index (χ0v) is 18.1. The summed E-state index contributed by atoms with van der Waals surface area (Å²) in [5.41, 5.74) is 2.56. The average molecular weight is 403 g/mol. The van der Waals surface area contributed by atoms with E-state index in [0.29, 0.717) is 11.6 Å². The summed E-state index contributed by atoms with van der Waals surface area (Å²) in [5, 5.41) is 2.85. The maximum Gasteiger partial charge on any atom is 0.264 e. The van der Waals surface area contributed by atoms with Crippen LogP contribution in [0.25, 0.3) is 0 Å². The Morgan fingerprint density at radius 2 is 1.57 bits per heavy atom. The number of rotatable bonds is 8. The first kappa shape index (κ1) is 22.0. The second-order valence-corrected chi connectivity index (χ2v) is 9.31. The minimum atomic E-state index is -3.87. The molecule has 0 spiro atoms. The van der Waals surface area contributed by atoms with E-state index in [-0.39, 0.29) is 23.4 Å². The van der Waals surface area contributed by atoms with Crippen LogP contribution >= 0.6 is 0 Å². The van der Waals surface area contributed by atoms with Crippen LogP contribution in [-0.2, 0) is 14.8 Å². The van der Waals surface area contributed by atoms with Crippen LogP contribution < -0.4 is 9.62 Å². The second kappa shape index (κ2) is 9.24. The number of nitrogens with zero attached hydrogens (tertiary/aromatic N) is 1. The summed E-state index contributed by atoms with van der Waals surface area (Å²) in [7, 11) is -3.87. The predicted octanol–water partition coefficient (Wildman–Crippen LogP) is 4.23. The van der Waals surface area contributed by atoms with E-state index >= 15 is 0 Å². The number of aryl methyl sites for hydroxylation is 1. The highest BCUT2D eigenvalue weighted by Gasteiger charge is 2.27. The standard InChI is InChI=1S/C22H30N2O3S/c1-6-18(5)23-22(25)15-24(20-11-9-19(10-12-20)16(2)3)28(26,27)21-13-7-17(4)8-14-21/h7-14,16,18H,6,15H2,1-5H3,(H,23,25)/t18-/m1/s1. The van der Waals surface area contributed by atoms with Gasteiger partial charge in [-0.05, 0) is 56.0 Å². The molecule has 0 aliphatic carbocycles. The number of sulfonamides is 1. The molecule has 1 N–H and O–H groups in total. The van der Waals surface area contributed by atoms with Crippen molar-refractivity contribution in [2.45, 2.75) is 57.9 Å². The summed E-state index contributed by atoms with van der Waals surface area (Å²) >= 11 is 0. The minimum Gasteiger partial charge on any atom is -0.352 e. The fourth-order valence-corrected chi connectivity index (χ4v) is 4.15. The highest BCUT2D eigenvalue weighted by Crippen LogP contribution is 2.26. The SMILES string of the molecule is CC[C@@H](C)NC(=O)CN(c1ccc(C(C)C)cc1)S(=O)(=O)c1ccc(C)cc1. The van der Waals surface area contributed by atoms with Crippen molar-refractivity contribution in [1.82, 2.24) is 5.32 Å². The number of amides is 1. The van der Waals surface area contributed by atoms with Crippen LogP contribution in [0.2, 0.25) is 0 Å². The summed E-state index contributed by atoms with van der Waals surface area (Å²) in [6.45, 7) is 9.66. The summed E-state index contributed by atoms with van der Waals surface area (Å²) in [6, 6.07) is 14.0. The van der Waals surface area contributed by atoms with Crippen molar-refractivity contribution in [3.8, 4) is 0 Å². The number of hydrogen-bond donors (Lipinski definition) is 1. The third kappa shape index (κ3) is 5.35. The van der Waals surface area contributed by atoms with Gasteiger partial charge in [0.05, 0.1) is 10.6 Å². The molecule has 2 rings (SSSR count). The average Bonchev–Trinajstić information content (AvgIpc) is 2.66. The van der Waals surface area contributed by atoms with E-state index < -0.39 is 10.0 Å². The molecular weight excluding hydrogens is 372 g/mol. The highest BCUT2D eigenvalue weighted by molar-refractivity contribution is 7.92. The maximum atomic E-state index is 13.3. The zero-order valence-electron chi connectivity index (χ0n) is 17.3. The summed E-state index contributed by atoms with van der Waals surface area (Å²) < 4.78 is 27.8. The largest absolute Gasteiger partial charge is 0.352 e. The van der Waals surface area contributed by atoms with E-state index in [0.717, 1.165) is 17.5 Å². The molecule has 0 aliphatic rings. The van der Waals surface area contributed by atoms with Gasteiger partial charge in [-0.15, -0.1) is 0 Å². The Bertz CT molecular complexity index is 888. The predicted molar refractivity (Wildman–Crippen MR) is 114 cm³/mol. The van der Waals surface area contributed by atoms with Crippen molar-refractivity contribution in [3.05, 3.63) is 59.7 Å². The molecule has 1 atom stereocenters. The molecular formula is C22H30N2O3S. The molecule has 0 fully saturated rings. The van der Waals surface area contributed by atoms with Crippen molar-refractivity contribution in [2.24, 2.45) is 0 Å². The van der Waals surface area contributed by atoms with Gasteiger partial charge in [-0.25, -0.2) is 8.42 Å². The molecule has 2 aromatic rings. The fourth-order valence-electron chi connectivity index (χ4n) is 2.73.